The summed E-state index contributed by atoms with van der Waals surface area (Å²) < 4.78 is 0. The van der Waals surface area contributed by atoms with Crippen LogP contribution in [0.4, 0.5) is 10.5 Å². The molecular formula is C10H11ClN4O. The molecule has 0 saturated carbocycles. The van der Waals surface area contributed by atoms with Crippen molar-refractivity contribution in [1.29, 1.82) is 0 Å². The molecule has 84 valence electrons. The molecule has 1 unspecified atom stereocenters. The smallest absolute Gasteiger partial charge is 0.321 e. The molecule has 0 aliphatic carbocycles. The van der Waals surface area contributed by atoms with E-state index >= 15 is 0 Å². The number of benzene rings is 1. The van der Waals surface area contributed by atoms with Crippen LogP contribution in [0.5, 0.6) is 0 Å². The van der Waals surface area contributed by atoms with Gasteiger partial charge in [0.2, 0.25) is 0 Å². The maximum atomic E-state index is 11.1. The first-order valence-electron chi connectivity index (χ1n) is 4.66. The summed E-state index contributed by atoms with van der Waals surface area (Å²) in [5, 5.41) is 8.56. The second kappa shape index (κ2) is 4.03. The Kier molecular flexibility index (Phi) is 2.72. The molecule has 0 radical (unpaired) electrons. The summed E-state index contributed by atoms with van der Waals surface area (Å²) in [7, 11) is 0. The zero-order valence-corrected chi connectivity index (χ0v) is 9.08. The molecule has 2 rings (SSSR count). The van der Waals surface area contributed by atoms with Gasteiger partial charge in [-0.05, 0) is 24.3 Å². The lowest BCUT2D eigenvalue weighted by atomic mass is 10.2. The van der Waals surface area contributed by atoms with Crippen molar-refractivity contribution >= 4 is 23.3 Å². The highest BCUT2D eigenvalue weighted by molar-refractivity contribution is 6.30. The zero-order valence-electron chi connectivity index (χ0n) is 8.33. The van der Waals surface area contributed by atoms with Crippen molar-refractivity contribution in [2.45, 2.75) is 5.79 Å². The molecule has 0 spiro atoms. The number of halogens is 1. The Morgan fingerprint density at radius 1 is 1.44 bits per heavy atom. The van der Waals surface area contributed by atoms with Crippen LogP contribution >= 0.6 is 11.6 Å². The van der Waals surface area contributed by atoms with Crippen LogP contribution in [-0.2, 0) is 0 Å². The number of urea groups is 1. The third kappa shape index (κ3) is 2.44. The number of carbonyl (C=O) groups excluding carboxylic acids is 1. The van der Waals surface area contributed by atoms with Crippen molar-refractivity contribution in [2.24, 2.45) is 5.73 Å². The number of carbonyl (C=O) groups is 1. The van der Waals surface area contributed by atoms with Gasteiger partial charge in [-0.2, -0.15) is 0 Å². The summed E-state index contributed by atoms with van der Waals surface area (Å²) in [4.78, 5) is 11.1. The number of nitrogens with one attached hydrogen (secondary N) is 3. The van der Waals surface area contributed by atoms with Gasteiger partial charge in [-0.1, -0.05) is 17.7 Å². The van der Waals surface area contributed by atoms with E-state index in [9.17, 15) is 4.79 Å². The van der Waals surface area contributed by atoms with Crippen LogP contribution in [0.15, 0.2) is 36.5 Å². The second-order valence-electron chi connectivity index (χ2n) is 3.44. The fourth-order valence-electron chi connectivity index (χ4n) is 1.39. The van der Waals surface area contributed by atoms with Crippen LogP contribution in [0, 0.1) is 0 Å². The van der Waals surface area contributed by atoms with Crippen molar-refractivity contribution in [3.05, 3.63) is 41.6 Å². The van der Waals surface area contributed by atoms with Crippen LogP contribution in [0.1, 0.15) is 0 Å². The van der Waals surface area contributed by atoms with E-state index in [-0.39, 0.29) is 6.03 Å². The van der Waals surface area contributed by atoms with Crippen molar-refractivity contribution in [1.82, 2.24) is 10.6 Å². The Morgan fingerprint density at radius 3 is 2.94 bits per heavy atom. The third-order valence-corrected chi connectivity index (χ3v) is 2.29. The van der Waals surface area contributed by atoms with E-state index in [0.29, 0.717) is 5.02 Å². The van der Waals surface area contributed by atoms with Gasteiger partial charge in [0, 0.05) is 16.9 Å². The first-order chi connectivity index (χ1) is 7.57. The Morgan fingerprint density at radius 2 is 2.25 bits per heavy atom. The van der Waals surface area contributed by atoms with E-state index in [4.69, 9.17) is 17.3 Å². The zero-order chi connectivity index (χ0) is 11.6. The molecular weight excluding hydrogens is 228 g/mol. The summed E-state index contributed by atoms with van der Waals surface area (Å²) >= 11 is 5.84. The normalized spacial score (nSPS) is 23.5. The van der Waals surface area contributed by atoms with E-state index in [1.54, 1.807) is 24.3 Å². The van der Waals surface area contributed by atoms with Gasteiger partial charge < -0.3 is 10.6 Å². The third-order valence-electron chi connectivity index (χ3n) is 2.06. The molecule has 0 bridgehead atoms. The highest BCUT2D eigenvalue weighted by atomic mass is 35.5. The van der Waals surface area contributed by atoms with Crippen molar-refractivity contribution in [2.75, 3.05) is 5.32 Å². The van der Waals surface area contributed by atoms with E-state index < -0.39 is 5.79 Å². The van der Waals surface area contributed by atoms with Gasteiger partial charge in [-0.15, -0.1) is 0 Å². The quantitative estimate of drug-likeness (QED) is 0.585. The first-order valence-corrected chi connectivity index (χ1v) is 5.04. The highest BCUT2D eigenvalue weighted by Crippen LogP contribution is 2.17. The molecule has 2 amide bonds. The molecule has 16 heavy (non-hydrogen) atoms. The van der Waals surface area contributed by atoms with Crippen LogP contribution in [0.25, 0.3) is 0 Å². The predicted molar refractivity (Wildman–Crippen MR) is 62.8 cm³/mol. The molecule has 5 N–H and O–H groups in total. The molecule has 1 aliphatic rings. The molecule has 1 aromatic carbocycles. The minimum Gasteiger partial charge on any atom is -0.347 e. The summed E-state index contributed by atoms with van der Waals surface area (Å²) in [6, 6.07) is 6.72. The minimum atomic E-state index is -1.10. The van der Waals surface area contributed by atoms with E-state index in [1.807, 2.05) is 6.07 Å². The molecule has 0 fully saturated rings. The van der Waals surface area contributed by atoms with E-state index in [0.717, 1.165) is 5.69 Å². The molecule has 1 aromatic rings. The van der Waals surface area contributed by atoms with Gasteiger partial charge >= 0.3 is 6.03 Å². The van der Waals surface area contributed by atoms with Gasteiger partial charge in [0.1, 0.15) is 0 Å². The second-order valence-corrected chi connectivity index (χ2v) is 3.87. The topological polar surface area (TPSA) is 79.2 Å². The maximum Gasteiger partial charge on any atom is 0.321 e. The number of anilines is 1. The number of hydrogen-bond donors (Lipinski definition) is 4. The first kappa shape index (κ1) is 10.8. The molecule has 6 heteroatoms. The van der Waals surface area contributed by atoms with Gasteiger partial charge in [-0.25, -0.2) is 4.79 Å². The lowest BCUT2D eigenvalue weighted by molar-refractivity contribution is 0.235. The van der Waals surface area contributed by atoms with Crippen LogP contribution < -0.4 is 21.7 Å². The number of rotatable bonds is 2. The largest absolute Gasteiger partial charge is 0.347 e. The molecule has 1 heterocycles. The van der Waals surface area contributed by atoms with Crippen LogP contribution in [0.3, 0.4) is 0 Å². The van der Waals surface area contributed by atoms with Crippen molar-refractivity contribution < 1.29 is 4.79 Å². The average Bonchev–Trinajstić information content (AvgIpc) is 2.16. The standard InChI is InChI=1S/C10H11ClN4O/c11-7-2-1-3-8(6-7)14-10(12)4-5-13-9(16)15-10/h1-6,14H,12H2,(H2,13,15,16). The number of nitrogens with two attached hydrogens (primary N) is 1. The predicted octanol–water partition coefficient (Wildman–Crippen LogP) is 1.19. The Labute approximate surface area is 97.7 Å². The summed E-state index contributed by atoms with van der Waals surface area (Å²) in [6.45, 7) is 0. The lowest BCUT2D eigenvalue weighted by Crippen LogP contribution is -2.64. The number of amides is 2. The SMILES string of the molecule is NC1(Nc2cccc(Cl)c2)C=CNC(=O)N1. The van der Waals surface area contributed by atoms with Gasteiger partial charge in [0.15, 0.2) is 5.79 Å². The van der Waals surface area contributed by atoms with Gasteiger partial charge in [0.25, 0.3) is 0 Å². The van der Waals surface area contributed by atoms with E-state index in [2.05, 4.69) is 16.0 Å². The summed E-state index contributed by atoms with van der Waals surface area (Å²) in [5.74, 6) is -1.10. The van der Waals surface area contributed by atoms with Crippen molar-refractivity contribution in [3.63, 3.8) is 0 Å². The fraction of sp³-hybridized carbons (Fsp3) is 0.100. The average molecular weight is 239 g/mol. The summed E-state index contributed by atoms with van der Waals surface area (Å²) in [5.41, 5.74) is 6.64. The Balaban J connectivity index is 2.17. The Hall–Kier alpha value is -1.72. The van der Waals surface area contributed by atoms with Crippen LogP contribution in [0.2, 0.25) is 5.02 Å². The Bertz CT molecular complexity index is 448. The fourth-order valence-corrected chi connectivity index (χ4v) is 1.58. The maximum absolute atomic E-state index is 11.1. The monoisotopic (exact) mass is 238 g/mol. The molecule has 1 atom stereocenters. The molecule has 5 nitrogen and oxygen atoms in total. The van der Waals surface area contributed by atoms with Crippen LogP contribution in [-0.4, -0.2) is 11.8 Å². The molecule has 1 aliphatic heterocycles. The van der Waals surface area contributed by atoms with Crippen molar-refractivity contribution in [3.8, 4) is 0 Å². The number of hydrogen-bond acceptors (Lipinski definition) is 3. The van der Waals surface area contributed by atoms with E-state index in [1.165, 1.54) is 6.20 Å². The highest BCUT2D eigenvalue weighted by Gasteiger charge is 2.26. The molecule has 0 aromatic heterocycles. The van der Waals surface area contributed by atoms with Gasteiger partial charge in [0.05, 0.1) is 0 Å². The minimum absolute atomic E-state index is 0.362. The lowest BCUT2D eigenvalue weighted by Gasteiger charge is -2.31. The molecule has 0 saturated heterocycles. The van der Waals surface area contributed by atoms with Gasteiger partial charge in [-0.3, -0.25) is 11.1 Å². The summed E-state index contributed by atoms with van der Waals surface area (Å²) in [6.07, 6.45) is 3.09.